The van der Waals surface area contributed by atoms with Crippen LogP contribution in [0, 0.1) is 0 Å². The van der Waals surface area contributed by atoms with Gasteiger partial charge >= 0.3 is 0 Å². The highest BCUT2D eigenvalue weighted by atomic mass is 79.9. The fourth-order valence-corrected chi connectivity index (χ4v) is 3.07. The second-order valence-electron chi connectivity index (χ2n) is 7.93. The Kier molecular flexibility index (Phi) is 21.0. The van der Waals surface area contributed by atoms with E-state index < -0.39 is 0 Å². The quantitative estimate of drug-likeness (QED) is 0.260. The average Bonchev–Trinajstić information content (AvgIpc) is 2.51. The maximum absolute atomic E-state index is 2.35. The Morgan fingerprint density at radius 3 is 1.09 bits per heavy atom. The summed E-state index contributed by atoms with van der Waals surface area (Å²) in [5.41, 5.74) is 0. The van der Waals surface area contributed by atoms with Crippen molar-refractivity contribution in [1.29, 1.82) is 0 Å². The number of rotatable bonds is 17. The summed E-state index contributed by atoms with van der Waals surface area (Å²) in [4.78, 5) is 0. The van der Waals surface area contributed by atoms with Gasteiger partial charge in [-0.05, 0) is 19.8 Å². The van der Waals surface area contributed by atoms with Crippen molar-refractivity contribution in [2.24, 2.45) is 0 Å². The van der Waals surface area contributed by atoms with Crippen LogP contribution in [0.25, 0.3) is 0 Å². The first-order valence-electron chi connectivity index (χ1n) is 10.4. The molecule has 0 fully saturated rings. The van der Waals surface area contributed by atoms with Gasteiger partial charge < -0.3 is 21.5 Å². The van der Waals surface area contributed by atoms with Crippen LogP contribution in [0.2, 0.25) is 0 Å². The number of nitrogens with zero attached hydrogens (tertiary/aromatic N) is 1. The monoisotopic (exact) mass is 391 g/mol. The standard InChI is InChI=1S/C21H46N.BrH/c1-5-7-8-9-10-11-12-13-14-15-16-17-18-19-20-21-22(3,4)6-2;/h5-21H2,1-4H3;1H/q+1;/p-1. The van der Waals surface area contributed by atoms with Crippen LogP contribution in [0.3, 0.4) is 0 Å². The lowest BCUT2D eigenvalue weighted by molar-refractivity contribution is -0.888. The molecule has 0 spiro atoms. The molecule has 142 valence electrons. The zero-order valence-electron chi connectivity index (χ0n) is 16.8. The molecule has 0 aliphatic rings. The Hall–Kier alpha value is 0.440. The van der Waals surface area contributed by atoms with Gasteiger partial charge in [0.1, 0.15) is 0 Å². The molecule has 0 heterocycles. The molecule has 0 atom stereocenters. The third kappa shape index (κ3) is 20.4. The fraction of sp³-hybridized carbons (Fsp3) is 1.00. The van der Waals surface area contributed by atoms with E-state index in [4.69, 9.17) is 0 Å². The van der Waals surface area contributed by atoms with Crippen molar-refractivity contribution in [3.8, 4) is 0 Å². The Morgan fingerprint density at radius 1 is 0.478 bits per heavy atom. The van der Waals surface area contributed by atoms with E-state index in [0.29, 0.717) is 0 Å². The molecule has 0 rings (SSSR count). The molecule has 0 saturated carbocycles. The van der Waals surface area contributed by atoms with Gasteiger partial charge in [-0.3, -0.25) is 0 Å². The SMILES string of the molecule is CCCCCCCCCCCCCCCCC[N+](C)(C)CC.[Br-]. The van der Waals surface area contributed by atoms with Gasteiger partial charge in [-0.25, -0.2) is 0 Å². The summed E-state index contributed by atoms with van der Waals surface area (Å²) in [5, 5.41) is 0. The largest absolute Gasteiger partial charge is 1.00 e. The van der Waals surface area contributed by atoms with Gasteiger partial charge in [-0.2, -0.15) is 0 Å². The van der Waals surface area contributed by atoms with Crippen LogP contribution < -0.4 is 17.0 Å². The van der Waals surface area contributed by atoms with Crippen molar-refractivity contribution < 1.29 is 21.5 Å². The highest BCUT2D eigenvalue weighted by molar-refractivity contribution is 4.49. The molecule has 0 aromatic heterocycles. The van der Waals surface area contributed by atoms with Crippen LogP contribution in [0.1, 0.15) is 110 Å². The summed E-state index contributed by atoms with van der Waals surface area (Å²) in [6.07, 6.45) is 21.9. The van der Waals surface area contributed by atoms with Crippen LogP contribution in [0.5, 0.6) is 0 Å². The van der Waals surface area contributed by atoms with E-state index >= 15 is 0 Å². The summed E-state index contributed by atoms with van der Waals surface area (Å²) in [5.74, 6) is 0. The number of hydrogen-bond acceptors (Lipinski definition) is 0. The average molecular weight is 393 g/mol. The maximum atomic E-state index is 2.35. The molecule has 2 heteroatoms. The van der Waals surface area contributed by atoms with Gasteiger partial charge in [0.25, 0.3) is 0 Å². The van der Waals surface area contributed by atoms with E-state index in [1.54, 1.807) is 0 Å². The van der Waals surface area contributed by atoms with E-state index in [-0.39, 0.29) is 17.0 Å². The third-order valence-electron chi connectivity index (χ3n) is 5.22. The smallest absolute Gasteiger partial charge is 0.0782 e. The van der Waals surface area contributed by atoms with E-state index in [1.807, 2.05) is 0 Å². The first kappa shape index (κ1) is 25.7. The summed E-state index contributed by atoms with van der Waals surface area (Å²) in [6, 6.07) is 0. The molecular formula is C21H46BrN. The molecule has 0 aliphatic carbocycles. The van der Waals surface area contributed by atoms with Gasteiger partial charge in [0.15, 0.2) is 0 Å². The molecule has 0 radical (unpaired) electrons. The van der Waals surface area contributed by atoms with E-state index in [0.717, 1.165) is 0 Å². The molecule has 0 aromatic carbocycles. The summed E-state index contributed by atoms with van der Waals surface area (Å²) < 4.78 is 1.19. The Morgan fingerprint density at radius 2 is 0.783 bits per heavy atom. The Balaban J connectivity index is 0. The zero-order chi connectivity index (χ0) is 16.5. The van der Waals surface area contributed by atoms with Gasteiger partial charge in [0, 0.05) is 0 Å². The zero-order valence-corrected chi connectivity index (χ0v) is 18.4. The topological polar surface area (TPSA) is 0 Å². The van der Waals surface area contributed by atoms with Crippen LogP contribution in [0.15, 0.2) is 0 Å². The predicted octanol–water partition coefficient (Wildman–Crippen LogP) is 3.96. The summed E-state index contributed by atoms with van der Waals surface area (Å²) in [7, 11) is 4.70. The highest BCUT2D eigenvalue weighted by Gasteiger charge is 2.09. The van der Waals surface area contributed by atoms with Crippen LogP contribution in [0.4, 0.5) is 0 Å². The van der Waals surface area contributed by atoms with Crippen molar-refractivity contribution >= 4 is 0 Å². The molecule has 0 amide bonds. The molecule has 0 aromatic rings. The molecule has 0 unspecified atom stereocenters. The second kappa shape index (κ2) is 18.8. The molecule has 0 bridgehead atoms. The number of quaternary nitrogens is 1. The highest BCUT2D eigenvalue weighted by Crippen LogP contribution is 2.13. The van der Waals surface area contributed by atoms with Crippen molar-refractivity contribution in [3.63, 3.8) is 0 Å². The number of hydrogen-bond donors (Lipinski definition) is 0. The minimum atomic E-state index is 0. The van der Waals surface area contributed by atoms with Crippen LogP contribution in [-0.4, -0.2) is 31.7 Å². The normalized spacial score (nSPS) is 11.5. The number of unbranched alkanes of at least 4 members (excludes halogenated alkanes) is 14. The fourth-order valence-electron chi connectivity index (χ4n) is 3.07. The minimum Gasteiger partial charge on any atom is -1.00 e. The molecule has 0 saturated heterocycles. The Labute approximate surface area is 159 Å². The first-order valence-corrected chi connectivity index (χ1v) is 10.4. The lowest BCUT2D eigenvalue weighted by Gasteiger charge is -2.28. The second-order valence-corrected chi connectivity index (χ2v) is 7.93. The van der Waals surface area contributed by atoms with Crippen molar-refractivity contribution in [1.82, 2.24) is 0 Å². The first-order chi connectivity index (χ1) is 10.6. The summed E-state index contributed by atoms with van der Waals surface area (Å²) in [6.45, 7) is 7.21. The van der Waals surface area contributed by atoms with Gasteiger partial charge in [0.05, 0.1) is 27.2 Å². The molecule has 23 heavy (non-hydrogen) atoms. The third-order valence-corrected chi connectivity index (χ3v) is 5.22. The van der Waals surface area contributed by atoms with Crippen molar-refractivity contribution in [3.05, 3.63) is 0 Å². The number of halogens is 1. The maximum Gasteiger partial charge on any atom is 0.0782 e. The van der Waals surface area contributed by atoms with E-state index in [9.17, 15) is 0 Å². The van der Waals surface area contributed by atoms with Crippen molar-refractivity contribution in [2.75, 3.05) is 27.2 Å². The lowest BCUT2D eigenvalue weighted by atomic mass is 10.0. The minimum absolute atomic E-state index is 0. The van der Waals surface area contributed by atoms with E-state index in [2.05, 4.69) is 27.9 Å². The van der Waals surface area contributed by atoms with Crippen LogP contribution in [-0.2, 0) is 0 Å². The van der Waals surface area contributed by atoms with Gasteiger partial charge in [-0.15, -0.1) is 0 Å². The van der Waals surface area contributed by atoms with Crippen LogP contribution >= 0.6 is 0 Å². The molecule has 1 nitrogen and oxygen atoms in total. The van der Waals surface area contributed by atoms with E-state index in [1.165, 1.54) is 114 Å². The molecule has 0 N–H and O–H groups in total. The Bertz CT molecular complexity index is 216. The van der Waals surface area contributed by atoms with Crippen molar-refractivity contribution in [2.45, 2.75) is 110 Å². The van der Waals surface area contributed by atoms with Gasteiger partial charge in [-0.1, -0.05) is 90.4 Å². The molecular weight excluding hydrogens is 346 g/mol. The van der Waals surface area contributed by atoms with Gasteiger partial charge in [0.2, 0.25) is 0 Å². The predicted molar refractivity (Wildman–Crippen MR) is 102 cm³/mol. The summed E-state index contributed by atoms with van der Waals surface area (Å²) >= 11 is 0. The molecule has 0 aliphatic heterocycles. The lowest BCUT2D eigenvalue weighted by Crippen LogP contribution is -3.00.